The van der Waals surface area contributed by atoms with Gasteiger partial charge >= 0.3 is 0 Å². The highest BCUT2D eigenvalue weighted by molar-refractivity contribution is 7.90. The highest BCUT2D eigenvalue weighted by Crippen LogP contribution is 2.19. The first kappa shape index (κ1) is 12.2. The number of hydrogen-bond donors (Lipinski definition) is 0. The number of rotatable bonds is 4. The number of para-hydroxylation sites is 1. The number of sulfone groups is 1. The third-order valence-corrected chi connectivity index (χ3v) is 3.94. The van der Waals surface area contributed by atoms with Crippen LogP contribution in [-0.4, -0.2) is 25.0 Å². The van der Waals surface area contributed by atoms with Crippen molar-refractivity contribution in [1.82, 2.24) is 4.57 Å². The van der Waals surface area contributed by atoms with Gasteiger partial charge in [0.2, 0.25) is 0 Å². The lowest BCUT2D eigenvalue weighted by molar-refractivity contribution is 0.592. The molecule has 1 aromatic heterocycles. The van der Waals surface area contributed by atoms with Gasteiger partial charge in [-0.1, -0.05) is 18.2 Å². The highest BCUT2D eigenvalue weighted by atomic mass is 32.2. The molecule has 2 rings (SSSR count). The Bertz CT molecular complexity index is 626. The van der Waals surface area contributed by atoms with Crippen molar-refractivity contribution in [1.29, 1.82) is 0 Å². The van der Waals surface area contributed by atoms with Gasteiger partial charge in [0.15, 0.2) is 0 Å². The standard InChI is InChI=1S/C13H17NO2S/c1-11-10-12-6-3-4-7-13(12)14(11)8-5-9-17(2,15)16/h3-4,6-7,10H,5,8-9H2,1-2H3. The third kappa shape index (κ3) is 2.88. The van der Waals surface area contributed by atoms with Crippen LogP contribution in [0.4, 0.5) is 0 Å². The summed E-state index contributed by atoms with van der Waals surface area (Å²) in [4.78, 5) is 0. The number of nitrogens with zero attached hydrogens (tertiary/aromatic N) is 1. The fourth-order valence-electron chi connectivity index (χ4n) is 2.13. The minimum atomic E-state index is -2.86. The van der Waals surface area contributed by atoms with E-state index in [1.165, 1.54) is 22.9 Å². The van der Waals surface area contributed by atoms with Crippen LogP contribution in [0.3, 0.4) is 0 Å². The van der Waals surface area contributed by atoms with Crippen molar-refractivity contribution >= 4 is 20.7 Å². The molecule has 0 saturated carbocycles. The van der Waals surface area contributed by atoms with Crippen LogP contribution in [0.2, 0.25) is 0 Å². The van der Waals surface area contributed by atoms with E-state index >= 15 is 0 Å². The Morgan fingerprint density at radius 3 is 2.65 bits per heavy atom. The first-order valence-corrected chi connectivity index (χ1v) is 7.76. The van der Waals surface area contributed by atoms with Gasteiger partial charge in [-0.2, -0.15) is 0 Å². The lowest BCUT2D eigenvalue weighted by Gasteiger charge is -2.07. The van der Waals surface area contributed by atoms with Crippen LogP contribution in [0.25, 0.3) is 10.9 Å². The summed E-state index contributed by atoms with van der Waals surface area (Å²) in [5.41, 5.74) is 2.36. The van der Waals surface area contributed by atoms with E-state index in [0.29, 0.717) is 6.42 Å². The van der Waals surface area contributed by atoms with Crippen LogP contribution < -0.4 is 0 Å². The van der Waals surface area contributed by atoms with E-state index in [0.717, 1.165) is 6.54 Å². The summed E-state index contributed by atoms with van der Waals surface area (Å²) in [6.45, 7) is 2.81. The number of aryl methyl sites for hydroxylation is 2. The van der Waals surface area contributed by atoms with Gasteiger partial charge in [-0.25, -0.2) is 8.42 Å². The van der Waals surface area contributed by atoms with Gasteiger partial charge in [0.25, 0.3) is 0 Å². The second kappa shape index (κ2) is 4.53. The van der Waals surface area contributed by atoms with Crippen molar-refractivity contribution in [2.45, 2.75) is 19.9 Å². The monoisotopic (exact) mass is 251 g/mol. The van der Waals surface area contributed by atoms with Crippen molar-refractivity contribution in [2.24, 2.45) is 0 Å². The van der Waals surface area contributed by atoms with Gasteiger partial charge < -0.3 is 4.57 Å². The fourth-order valence-corrected chi connectivity index (χ4v) is 2.78. The molecule has 0 amide bonds. The molecule has 0 spiro atoms. The molecule has 0 N–H and O–H groups in total. The van der Waals surface area contributed by atoms with Crippen LogP contribution in [0.15, 0.2) is 30.3 Å². The summed E-state index contributed by atoms with van der Waals surface area (Å²) in [5, 5.41) is 1.21. The molecular formula is C13H17NO2S. The summed E-state index contributed by atoms with van der Waals surface area (Å²) in [7, 11) is -2.86. The Hall–Kier alpha value is -1.29. The van der Waals surface area contributed by atoms with Gasteiger partial charge in [0.1, 0.15) is 9.84 Å². The lowest BCUT2D eigenvalue weighted by atomic mass is 10.2. The third-order valence-electron chi connectivity index (χ3n) is 2.91. The molecule has 0 unspecified atom stereocenters. The Kier molecular flexibility index (Phi) is 3.24. The van der Waals surface area contributed by atoms with Gasteiger partial charge in [-0.3, -0.25) is 0 Å². The van der Waals surface area contributed by atoms with Crippen LogP contribution >= 0.6 is 0 Å². The molecule has 0 aliphatic heterocycles. The van der Waals surface area contributed by atoms with Gasteiger partial charge in [0.05, 0.1) is 5.75 Å². The van der Waals surface area contributed by atoms with Gasteiger partial charge in [0, 0.05) is 24.0 Å². The maximum atomic E-state index is 11.1. The summed E-state index contributed by atoms with van der Waals surface area (Å²) in [5.74, 6) is 0.249. The van der Waals surface area contributed by atoms with Crippen LogP contribution in [0, 0.1) is 6.92 Å². The predicted octanol–water partition coefficient (Wildman–Crippen LogP) is 2.38. The quantitative estimate of drug-likeness (QED) is 0.837. The van der Waals surface area contributed by atoms with E-state index in [2.05, 4.69) is 29.7 Å². The number of benzene rings is 1. The zero-order chi connectivity index (χ0) is 12.5. The molecule has 4 heteroatoms. The first-order valence-electron chi connectivity index (χ1n) is 5.70. The zero-order valence-electron chi connectivity index (χ0n) is 10.2. The number of fused-ring (bicyclic) bond motifs is 1. The molecule has 0 aliphatic rings. The van der Waals surface area contributed by atoms with Crippen molar-refractivity contribution in [3.63, 3.8) is 0 Å². The summed E-state index contributed by atoms with van der Waals surface area (Å²) in [6, 6.07) is 10.3. The maximum Gasteiger partial charge on any atom is 0.147 e. The molecule has 0 atom stereocenters. The lowest BCUT2D eigenvalue weighted by Crippen LogP contribution is -2.08. The minimum absolute atomic E-state index is 0.249. The smallest absolute Gasteiger partial charge is 0.147 e. The average Bonchev–Trinajstić information content (AvgIpc) is 2.54. The van der Waals surface area contributed by atoms with Crippen molar-refractivity contribution in [3.8, 4) is 0 Å². The SMILES string of the molecule is Cc1cc2ccccc2n1CCCS(C)(=O)=O. The molecule has 1 heterocycles. The molecule has 0 bridgehead atoms. The van der Waals surface area contributed by atoms with E-state index in [4.69, 9.17) is 0 Å². The molecule has 92 valence electrons. The molecule has 17 heavy (non-hydrogen) atoms. The number of aromatic nitrogens is 1. The van der Waals surface area contributed by atoms with E-state index in [1.54, 1.807) is 0 Å². The van der Waals surface area contributed by atoms with Crippen LogP contribution in [0.5, 0.6) is 0 Å². The molecule has 3 nitrogen and oxygen atoms in total. The minimum Gasteiger partial charge on any atom is -0.345 e. The fraction of sp³-hybridized carbons (Fsp3) is 0.385. The van der Waals surface area contributed by atoms with Crippen LogP contribution in [0.1, 0.15) is 12.1 Å². The van der Waals surface area contributed by atoms with Crippen molar-refractivity contribution in [2.75, 3.05) is 12.0 Å². The normalized spacial score (nSPS) is 12.1. The summed E-state index contributed by atoms with van der Waals surface area (Å²) < 4.78 is 24.4. The molecular weight excluding hydrogens is 234 g/mol. The molecule has 0 fully saturated rings. The molecule has 0 aliphatic carbocycles. The Morgan fingerprint density at radius 2 is 1.94 bits per heavy atom. The largest absolute Gasteiger partial charge is 0.345 e. The topological polar surface area (TPSA) is 39.1 Å². The number of hydrogen-bond acceptors (Lipinski definition) is 2. The first-order chi connectivity index (χ1) is 7.97. The molecule has 1 aromatic carbocycles. The average molecular weight is 251 g/mol. The van der Waals surface area contributed by atoms with Gasteiger partial charge in [-0.05, 0) is 30.9 Å². The molecule has 0 saturated heterocycles. The van der Waals surface area contributed by atoms with Crippen LogP contribution in [-0.2, 0) is 16.4 Å². The Balaban J connectivity index is 2.21. The Labute approximate surface area is 102 Å². The van der Waals surface area contributed by atoms with E-state index in [9.17, 15) is 8.42 Å². The van der Waals surface area contributed by atoms with E-state index in [-0.39, 0.29) is 5.75 Å². The van der Waals surface area contributed by atoms with E-state index < -0.39 is 9.84 Å². The zero-order valence-corrected chi connectivity index (χ0v) is 11.0. The highest BCUT2D eigenvalue weighted by Gasteiger charge is 2.06. The summed E-state index contributed by atoms with van der Waals surface area (Å²) in [6.07, 6.45) is 1.95. The molecule has 2 aromatic rings. The van der Waals surface area contributed by atoms with Gasteiger partial charge in [-0.15, -0.1) is 0 Å². The van der Waals surface area contributed by atoms with Crippen molar-refractivity contribution in [3.05, 3.63) is 36.0 Å². The molecule has 0 radical (unpaired) electrons. The summed E-state index contributed by atoms with van der Waals surface area (Å²) >= 11 is 0. The van der Waals surface area contributed by atoms with Crippen molar-refractivity contribution < 1.29 is 8.42 Å². The second-order valence-corrected chi connectivity index (χ2v) is 6.74. The maximum absolute atomic E-state index is 11.1. The Morgan fingerprint density at radius 1 is 1.24 bits per heavy atom. The second-order valence-electron chi connectivity index (χ2n) is 4.48. The van der Waals surface area contributed by atoms with E-state index in [1.807, 2.05) is 12.1 Å². The predicted molar refractivity (Wildman–Crippen MR) is 71.0 cm³/mol.